The molecular weight excluding hydrogens is 368 g/mol. The summed E-state index contributed by atoms with van der Waals surface area (Å²) in [5.74, 6) is 2.24. The van der Waals surface area contributed by atoms with Gasteiger partial charge in [0.15, 0.2) is 5.82 Å². The molecule has 2 aliphatic heterocycles. The van der Waals surface area contributed by atoms with Crippen LogP contribution in [0.5, 0.6) is 0 Å². The molecule has 2 saturated heterocycles. The van der Waals surface area contributed by atoms with Crippen molar-refractivity contribution in [2.75, 3.05) is 44.3 Å². The summed E-state index contributed by atoms with van der Waals surface area (Å²) in [6.45, 7) is 4.92. The third kappa shape index (κ3) is 3.88. The zero-order valence-corrected chi connectivity index (χ0v) is 16.8. The number of ether oxygens (including phenoxy) is 1. The van der Waals surface area contributed by atoms with Gasteiger partial charge in [-0.15, -0.1) is 0 Å². The Labute approximate surface area is 171 Å². The van der Waals surface area contributed by atoms with E-state index in [-0.39, 0.29) is 11.8 Å². The second-order valence-electron chi connectivity index (χ2n) is 8.33. The van der Waals surface area contributed by atoms with E-state index in [1.807, 2.05) is 17.0 Å². The first-order chi connectivity index (χ1) is 14.3. The maximum Gasteiger partial charge on any atom is 0.258 e. The summed E-state index contributed by atoms with van der Waals surface area (Å²) in [5.41, 5.74) is 2.11. The largest absolute Gasteiger partial charge is 0.378 e. The van der Waals surface area contributed by atoms with Crippen molar-refractivity contribution < 1.29 is 14.1 Å². The average Bonchev–Trinajstić information content (AvgIpc) is 3.24. The minimum atomic E-state index is 0.264. The van der Waals surface area contributed by atoms with Gasteiger partial charge in [-0.05, 0) is 43.9 Å². The molecule has 0 radical (unpaired) electrons. The van der Waals surface area contributed by atoms with Crippen molar-refractivity contribution in [1.29, 1.82) is 0 Å². The predicted molar refractivity (Wildman–Crippen MR) is 109 cm³/mol. The van der Waals surface area contributed by atoms with Crippen LogP contribution in [-0.4, -0.2) is 60.3 Å². The molecule has 0 unspecified atom stereocenters. The second kappa shape index (κ2) is 8.14. The second-order valence-corrected chi connectivity index (χ2v) is 8.33. The maximum atomic E-state index is 12.4. The molecule has 1 amide bonds. The Hall–Kier alpha value is -2.41. The smallest absolute Gasteiger partial charge is 0.258 e. The number of benzene rings is 1. The normalized spacial score (nSPS) is 21.2. The fourth-order valence-corrected chi connectivity index (χ4v) is 4.45. The molecule has 3 heterocycles. The summed E-state index contributed by atoms with van der Waals surface area (Å²) in [5, 5.41) is 4.27. The van der Waals surface area contributed by atoms with Crippen LogP contribution in [0.3, 0.4) is 0 Å². The molecule has 0 spiro atoms. The molecule has 3 aliphatic rings. The molecule has 0 N–H and O–H groups in total. The highest BCUT2D eigenvalue weighted by atomic mass is 16.5. The number of carbonyl (C=O) groups excluding carboxylic acids is 1. The highest BCUT2D eigenvalue weighted by Crippen LogP contribution is 2.33. The van der Waals surface area contributed by atoms with Crippen LogP contribution in [0.2, 0.25) is 0 Å². The molecular formula is C22H28N4O3. The Kier molecular flexibility index (Phi) is 5.23. The molecule has 7 heteroatoms. The van der Waals surface area contributed by atoms with E-state index in [1.165, 1.54) is 6.42 Å². The topological polar surface area (TPSA) is 71.7 Å². The van der Waals surface area contributed by atoms with E-state index in [2.05, 4.69) is 22.2 Å². The molecule has 0 bridgehead atoms. The summed E-state index contributed by atoms with van der Waals surface area (Å²) in [7, 11) is 0. The Balaban J connectivity index is 1.24. The number of anilines is 1. The number of aromatic nitrogens is 2. The van der Waals surface area contributed by atoms with Crippen LogP contribution in [0.15, 0.2) is 28.8 Å². The summed E-state index contributed by atoms with van der Waals surface area (Å²) < 4.78 is 11.0. The SMILES string of the molecule is O=C(C1CCC1)N1CCC(c2noc(-c3cccc(N4CCOCC4)c3)n2)CC1. The van der Waals surface area contributed by atoms with Crippen LogP contribution in [0.25, 0.3) is 11.5 Å². The van der Waals surface area contributed by atoms with E-state index in [0.29, 0.717) is 11.8 Å². The number of likely N-dealkylation sites (tertiary alicyclic amines) is 1. The lowest BCUT2D eigenvalue weighted by Gasteiger charge is -2.35. The van der Waals surface area contributed by atoms with Gasteiger partial charge in [0.05, 0.1) is 13.2 Å². The molecule has 5 rings (SSSR count). The molecule has 7 nitrogen and oxygen atoms in total. The fourth-order valence-electron chi connectivity index (χ4n) is 4.45. The Morgan fingerprint density at radius 2 is 1.83 bits per heavy atom. The van der Waals surface area contributed by atoms with Gasteiger partial charge in [0.25, 0.3) is 5.89 Å². The van der Waals surface area contributed by atoms with Gasteiger partial charge >= 0.3 is 0 Å². The van der Waals surface area contributed by atoms with Crippen LogP contribution in [-0.2, 0) is 9.53 Å². The van der Waals surface area contributed by atoms with Gasteiger partial charge in [-0.3, -0.25) is 4.79 Å². The van der Waals surface area contributed by atoms with Crippen molar-refractivity contribution >= 4 is 11.6 Å². The van der Waals surface area contributed by atoms with Crippen molar-refractivity contribution in [3.8, 4) is 11.5 Å². The van der Waals surface area contributed by atoms with Crippen molar-refractivity contribution in [3.05, 3.63) is 30.1 Å². The van der Waals surface area contributed by atoms with Gasteiger partial charge in [-0.1, -0.05) is 17.6 Å². The lowest BCUT2D eigenvalue weighted by Crippen LogP contribution is -2.43. The van der Waals surface area contributed by atoms with E-state index in [0.717, 1.165) is 82.2 Å². The third-order valence-corrected chi connectivity index (χ3v) is 6.54. The van der Waals surface area contributed by atoms with E-state index < -0.39 is 0 Å². The maximum absolute atomic E-state index is 12.4. The summed E-state index contributed by atoms with van der Waals surface area (Å²) in [6.07, 6.45) is 5.15. The molecule has 1 saturated carbocycles. The zero-order valence-electron chi connectivity index (χ0n) is 16.8. The third-order valence-electron chi connectivity index (χ3n) is 6.54. The standard InChI is InChI=1S/C22H28N4O3/c27-22(17-3-1-4-17)26-9-7-16(8-10-26)20-23-21(29-24-20)18-5-2-6-19(15-18)25-11-13-28-14-12-25/h2,5-6,15-17H,1,3-4,7-14H2. The van der Waals surface area contributed by atoms with Gasteiger partial charge in [0.1, 0.15) is 0 Å². The molecule has 2 aromatic rings. The minimum Gasteiger partial charge on any atom is -0.378 e. The number of carbonyl (C=O) groups is 1. The highest BCUT2D eigenvalue weighted by Gasteiger charge is 2.33. The predicted octanol–water partition coefficient (Wildman–Crippen LogP) is 3.08. The average molecular weight is 396 g/mol. The summed E-state index contributed by atoms with van der Waals surface area (Å²) in [4.78, 5) is 21.5. The van der Waals surface area contributed by atoms with Gasteiger partial charge in [0, 0.05) is 49.3 Å². The zero-order chi connectivity index (χ0) is 19.6. The number of nitrogens with zero attached hydrogens (tertiary/aromatic N) is 4. The summed E-state index contributed by atoms with van der Waals surface area (Å²) in [6, 6.07) is 8.28. The summed E-state index contributed by atoms with van der Waals surface area (Å²) >= 11 is 0. The first-order valence-electron chi connectivity index (χ1n) is 10.8. The number of morpholine rings is 1. The quantitative estimate of drug-likeness (QED) is 0.791. The van der Waals surface area contributed by atoms with Crippen LogP contribution < -0.4 is 4.90 Å². The van der Waals surface area contributed by atoms with Gasteiger partial charge in [-0.25, -0.2) is 0 Å². The molecule has 1 aromatic heterocycles. The van der Waals surface area contributed by atoms with Crippen molar-refractivity contribution in [2.45, 2.75) is 38.0 Å². The van der Waals surface area contributed by atoms with E-state index in [4.69, 9.17) is 14.2 Å². The minimum absolute atomic E-state index is 0.264. The van der Waals surface area contributed by atoms with Crippen LogP contribution in [0, 0.1) is 5.92 Å². The van der Waals surface area contributed by atoms with Crippen LogP contribution in [0.4, 0.5) is 5.69 Å². The molecule has 154 valence electrons. The number of hydrogen-bond donors (Lipinski definition) is 0. The first-order valence-corrected chi connectivity index (χ1v) is 10.8. The van der Waals surface area contributed by atoms with Gasteiger partial charge in [0.2, 0.25) is 5.91 Å². The molecule has 29 heavy (non-hydrogen) atoms. The van der Waals surface area contributed by atoms with E-state index >= 15 is 0 Å². The molecule has 0 atom stereocenters. The van der Waals surface area contributed by atoms with Crippen LogP contribution in [0.1, 0.15) is 43.8 Å². The molecule has 3 fully saturated rings. The van der Waals surface area contributed by atoms with Crippen molar-refractivity contribution in [2.24, 2.45) is 5.92 Å². The lowest BCUT2D eigenvalue weighted by atomic mass is 9.83. The first kappa shape index (κ1) is 18.6. The Morgan fingerprint density at radius 1 is 1.03 bits per heavy atom. The van der Waals surface area contributed by atoms with Crippen LogP contribution >= 0.6 is 0 Å². The monoisotopic (exact) mass is 396 g/mol. The number of rotatable bonds is 4. The number of hydrogen-bond acceptors (Lipinski definition) is 6. The highest BCUT2D eigenvalue weighted by molar-refractivity contribution is 5.79. The van der Waals surface area contributed by atoms with Crippen molar-refractivity contribution in [1.82, 2.24) is 15.0 Å². The Bertz CT molecular complexity index is 849. The molecule has 1 aromatic carbocycles. The number of piperidine rings is 1. The fraction of sp³-hybridized carbons (Fsp3) is 0.591. The van der Waals surface area contributed by atoms with E-state index in [9.17, 15) is 4.79 Å². The van der Waals surface area contributed by atoms with Gasteiger partial charge < -0.3 is 19.1 Å². The van der Waals surface area contributed by atoms with E-state index in [1.54, 1.807) is 0 Å². The van der Waals surface area contributed by atoms with Crippen molar-refractivity contribution in [3.63, 3.8) is 0 Å². The van der Waals surface area contributed by atoms with Gasteiger partial charge in [-0.2, -0.15) is 4.98 Å². The lowest BCUT2D eigenvalue weighted by molar-refractivity contribution is -0.139. The number of amides is 1. The molecule has 1 aliphatic carbocycles. The Morgan fingerprint density at radius 3 is 2.55 bits per heavy atom.